The molecule has 1 N–H and O–H groups in total. The molecule has 3 nitrogen and oxygen atoms in total. The fraction of sp³-hybridized carbons (Fsp3) is 0.700. The number of hydrogen-bond donors (Lipinski definition) is 1. The van der Waals surface area contributed by atoms with Crippen LogP contribution in [0.1, 0.15) is 19.8 Å². The molecule has 0 radical (unpaired) electrons. The molecule has 1 aliphatic heterocycles. The van der Waals surface area contributed by atoms with Crippen LogP contribution < -0.4 is 5.32 Å². The fourth-order valence-electron chi connectivity index (χ4n) is 2.08. The molecule has 1 atom stereocenters. The summed E-state index contributed by atoms with van der Waals surface area (Å²) in [6, 6.07) is 0.665. The second-order valence-corrected chi connectivity index (χ2v) is 5.03. The number of rotatable bonds is 4. The van der Waals surface area contributed by atoms with Crippen molar-refractivity contribution in [3.05, 3.63) is 10.5 Å². The molecule has 1 saturated heterocycles. The molecule has 1 aromatic heterocycles. The normalized spacial score (nSPS) is 22.1. The Morgan fingerprint density at radius 2 is 2.60 bits per heavy atom. The van der Waals surface area contributed by atoms with Crippen molar-refractivity contribution >= 4 is 28.1 Å². The standard InChI is InChI=1S/C10H16ClN3S/c1-2-14-5-3-4-8(14)6-12-10-13-9(11)7-15-10/h7-8H,2-6H2,1H3,(H,12,13). The quantitative estimate of drug-likeness (QED) is 0.884. The number of thiazole rings is 1. The first-order valence-corrected chi connectivity index (χ1v) is 6.64. The molecular formula is C10H16ClN3S. The smallest absolute Gasteiger partial charge is 0.184 e. The van der Waals surface area contributed by atoms with Gasteiger partial charge >= 0.3 is 0 Å². The summed E-state index contributed by atoms with van der Waals surface area (Å²) in [6.07, 6.45) is 2.61. The van der Waals surface area contributed by atoms with E-state index in [1.54, 1.807) is 11.3 Å². The SMILES string of the molecule is CCN1CCCC1CNc1nc(Cl)cs1. The van der Waals surface area contributed by atoms with E-state index in [1.165, 1.54) is 19.4 Å². The van der Waals surface area contributed by atoms with Gasteiger partial charge in [0.05, 0.1) is 0 Å². The Morgan fingerprint density at radius 3 is 3.27 bits per heavy atom. The van der Waals surface area contributed by atoms with E-state index in [9.17, 15) is 0 Å². The second-order valence-electron chi connectivity index (χ2n) is 3.78. The Morgan fingerprint density at radius 1 is 1.73 bits per heavy atom. The molecular weight excluding hydrogens is 230 g/mol. The summed E-state index contributed by atoms with van der Waals surface area (Å²) >= 11 is 7.33. The Hall–Kier alpha value is -0.320. The lowest BCUT2D eigenvalue weighted by Crippen LogP contribution is -2.34. The zero-order valence-electron chi connectivity index (χ0n) is 8.87. The zero-order chi connectivity index (χ0) is 10.7. The highest BCUT2D eigenvalue weighted by Crippen LogP contribution is 2.21. The van der Waals surface area contributed by atoms with Crippen molar-refractivity contribution in [2.45, 2.75) is 25.8 Å². The number of aromatic nitrogens is 1. The second kappa shape index (κ2) is 5.14. The minimum Gasteiger partial charge on any atom is -0.360 e. The molecule has 0 aliphatic carbocycles. The molecule has 1 fully saturated rings. The lowest BCUT2D eigenvalue weighted by Gasteiger charge is -2.22. The summed E-state index contributed by atoms with van der Waals surface area (Å²) in [5.74, 6) is 0. The predicted octanol–water partition coefficient (Wildman–Crippen LogP) is 2.69. The molecule has 2 heterocycles. The lowest BCUT2D eigenvalue weighted by atomic mass is 10.2. The van der Waals surface area contributed by atoms with Crippen molar-refractivity contribution in [2.24, 2.45) is 0 Å². The third-order valence-electron chi connectivity index (χ3n) is 2.87. The first-order valence-electron chi connectivity index (χ1n) is 5.38. The van der Waals surface area contributed by atoms with Crippen LogP contribution in [0.2, 0.25) is 5.15 Å². The van der Waals surface area contributed by atoms with E-state index >= 15 is 0 Å². The first-order chi connectivity index (χ1) is 7.29. The van der Waals surface area contributed by atoms with Crippen LogP contribution in [-0.4, -0.2) is 35.6 Å². The number of hydrogen-bond acceptors (Lipinski definition) is 4. The number of likely N-dealkylation sites (tertiary alicyclic amines) is 1. The summed E-state index contributed by atoms with van der Waals surface area (Å²) in [5, 5.41) is 6.73. The van der Waals surface area contributed by atoms with Gasteiger partial charge in [0.25, 0.3) is 0 Å². The summed E-state index contributed by atoms with van der Waals surface area (Å²) in [5.41, 5.74) is 0. The number of halogens is 1. The molecule has 0 bridgehead atoms. The van der Waals surface area contributed by atoms with Crippen molar-refractivity contribution in [2.75, 3.05) is 25.0 Å². The van der Waals surface area contributed by atoms with Gasteiger partial charge in [0.15, 0.2) is 5.13 Å². The predicted molar refractivity (Wildman–Crippen MR) is 65.9 cm³/mol. The topological polar surface area (TPSA) is 28.2 Å². The van der Waals surface area contributed by atoms with Crippen LogP contribution in [0.4, 0.5) is 5.13 Å². The Labute approximate surface area is 99.5 Å². The lowest BCUT2D eigenvalue weighted by molar-refractivity contribution is 0.277. The van der Waals surface area contributed by atoms with E-state index in [2.05, 4.69) is 22.1 Å². The zero-order valence-corrected chi connectivity index (χ0v) is 10.4. The maximum Gasteiger partial charge on any atom is 0.184 e. The highest BCUT2D eigenvalue weighted by atomic mass is 35.5. The van der Waals surface area contributed by atoms with Gasteiger partial charge in [-0.2, -0.15) is 0 Å². The van der Waals surface area contributed by atoms with Gasteiger partial charge in [0.2, 0.25) is 0 Å². The molecule has 0 spiro atoms. The van der Waals surface area contributed by atoms with Gasteiger partial charge in [-0.1, -0.05) is 18.5 Å². The first kappa shape index (κ1) is 11.2. The van der Waals surface area contributed by atoms with E-state index in [4.69, 9.17) is 11.6 Å². The number of nitrogens with one attached hydrogen (secondary N) is 1. The van der Waals surface area contributed by atoms with Gasteiger partial charge in [-0.15, -0.1) is 11.3 Å². The van der Waals surface area contributed by atoms with E-state index in [-0.39, 0.29) is 0 Å². The van der Waals surface area contributed by atoms with Crippen molar-refractivity contribution in [3.8, 4) is 0 Å². The molecule has 1 aromatic rings. The Bertz CT molecular complexity index is 315. The number of nitrogens with zero attached hydrogens (tertiary/aromatic N) is 2. The van der Waals surface area contributed by atoms with Crippen molar-refractivity contribution in [1.29, 1.82) is 0 Å². The maximum atomic E-state index is 5.76. The summed E-state index contributed by atoms with van der Waals surface area (Å²) in [6.45, 7) is 5.59. The van der Waals surface area contributed by atoms with Crippen LogP contribution >= 0.6 is 22.9 Å². The minimum absolute atomic E-state index is 0.585. The summed E-state index contributed by atoms with van der Waals surface area (Å²) in [4.78, 5) is 6.69. The van der Waals surface area contributed by atoms with Crippen LogP contribution in [0.25, 0.3) is 0 Å². The van der Waals surface area contributed by atoms with Gasteiger partial charge in [0.1, 0.15) is 5.15 Å². The van der Waals surface area contributed by atoms with E-state index in [0.717, 1.165) is 18.2 Å². The van der Waals surface area contributed by atoms with Gasteiger partial charge in [-0.25, -0.2) is 4.98 Å². The molecule has 0 aromatic carbocycles. The van der Waals surface area contributed by atoms with Crippen LogP contribution in [0, 0.1) is 0 Å². The van der Waals surface area contributed by atoms with E-state index < -0.39 is 0 Å². The average Bonchev–Trinajstić information content (AvgIpc) is 2.83. The summed E-state index contributed by atoms with van der Waals surface area (Å²) in [7, 11) is 0. The van der Waals surface area contributed by atoms with Gasteiger partial charge in [-0.05, 0) is 25.9 Å². The highest BCUT2D eigenvalue weighted by molar-refractivity contribution is 7.14. The minimum atomic E-state index is 0.585. The Kier molecular flexibility index (Phi) is 3.83. The monoisotopic (exact) mass is 245 g/mol. The van der Waals surface area contributed by atoms with Crippen molar-refractivity contribution in [1.82, 2.24) is 9.88 Å². The van der Waals surface area contributed by atoms with Crippen molar-refractivity contribution < 1.29 is 0 Å². The molecule has 0 saturated carbocycles. The molecule has 5 heteroatoms. The van der Waals surface area contributed by atoms with E-state index in [1.807, 2.05) is 5.38 Å². The molecule has 1 aliphatic rings. The van der Waals surface area contributed by atoms with Gasteiger partial charge in [0, 0.05) is 18.0 Å². The van der Waals surface area contributed by atoms with Crippen LogP contribution in [-0.2, 0) is 0 Å². The van der Waals surface area contributed by atoms with E-state index in [0.29, 0.717) is 11.2 Å². The molecule has 84 valence electrons. The van der Waals surface area contributed by atoms with Gasteiger partial charge in [-0.3, -0.25) is 4.90 Å². The van der Waals surface area contributed by atoms with Crippen LogP contribution in [0.15, 0.2) is 5.38 Å². The van der Waals surface area contributed by atoms with Gasteiger partial charge < -0.3 is 5.32 Å². The van der Waals surface area contributed by atoms with Crippen LogP contribution in [0.5, 0.6) is 0 Å². The number of anilines is 1. The molecule has 1 unspecified atom stereocenters. The maximum absolute atomic E-state index is 5.76. The Balaban J connectivity index is 1.82. The van der Waals surface area contributed by atoms with Crippen molar-refractivity contribution in [3.63, 3.8) is 0 Å². The molecule has 15 heavy (non-hydrogen) atoms. The third kappa shape index (κ3) is 2.83. The average molecular weight is 246 g/mol. The largest absolute Gasteiger partial charge is 0.360 e. The molecule has 0 amide bonds. The molecule has 2 rings (SSSR count). The summed E-state index contributed by atoms with van der Waals surface area (Å²) < 4.78 is 0. The highest BCUT2D eigenvalue weighted by Gasteiger charge is 2.22. The number of likely N-dealkylation sites (N-methyl/N-ethyl adjacent to an activating group) is 1. The third-order valence-corrected chi connectivity index (χ3v) is 3.99. The fourth-order valence-corrected chi connectivity index (χ4v) is 2.93. The van der Waals surface area contributed by atoms with Crippen LogP contribution in [0.3, 0.4) is 0 Å².